The van der Waals surface area contributed by atoms with E-state index in [2.05, 4.69) is 5.32 Å². The molecule has 0 unspecified atom stereocenters. The second-order valence-corrected chi connectivity index (χ2v) is 7.94. The van der Waals surface area contributed by atoms with Crippen molar-refractivity contribution in [3.05, 3.63) is 87.5 Å². The molecule has 0 aliphatic carbocycles. The summed E-state index contributed by atoms with van der Waals surface area (Å²) in [4.78, 5) is 38.9. The van der Waals surface area contributed by atoms with Crippen LogP contribution in [0.4, 0.5) is 14.9 Å². The van der Waals surface area contributed by atoms with Crippen molar-refractivity contribution in [1.82, 2.24) is 9.88 Å². The molecule has 1 aliphatic rings. The smallest absolute Gasteiger partial charge is 0.318 e. The van der Waals surface area contributed by atoms with Crippen LogP contribution in [0.5, 0.6) is 0 Å². The van der Waals surface area contributed by atoms with E-state index in [4.69, 9.17) is 11.6 Å². The summed E-state index contributed by atoms with van der Waals surface area (Å²) >= 11 is 6.15. The van der Waals surface area contributed by atoms with Crippen molar-refractivity contribution in [1.29, 1.82) is 0 Å². The Morgan fingerprint density at radius 2 is 1.72 bits per heavy atom. The molecular weight excluding hydrogens is 433 g/mol. The summed E-state index contributed by atoms with van der Waals surface area (Å²) < 4.78 is 15.5. The molecule has 2 heterocycles. The van der Waals surface area contributed by atoms with E-state index >= 15 is 0 Å². The van der Waals surface area contributed by atoms with Gasteiger partial charge < -0.3 is 4.57 Å². The molecule has 162 valence electrons. The third-order valence-electron chi connectivity index (χ3n) is 5.35. The van der Waals surface area contributed by atoms with E-state index < -0.39 is 17.8 Å². The lowest BCUT2D eigenvalue weighted by Crippen LogP contribution is -2.54. The van der Waals surface area contributed by atoms with Crippen LogP contribution in [-0.2, 0) is 9.59 Å². The van der Waals surface area contributed by atoms with Crippen LogP contribution in [0.1, 0.15) is 22.5 Å². The highest BCUT2D eigenvalue weighted by molar-refractivity contribution is 6.39. The number of hydrogen-bond donors (Lipinski definition) is 1. The Morgan fingerprint density at radius 1 is 0.969 bits per heavy atom. The number of halogens is 2. The van der Waals surface area contributed by atoms with Crippen LogP contribution < -0.4 is 10.2 Å². The van der Waals surface area contributed by atoms with Gasteiger partial charge in [0, 0.05) is 22.1 Å². The van der Waals surface area contributed by atoms with E-state index in [1.165, 1.54) is 24.3 Å². The minimum absolute atomic E-state index is 0.194. The van der Waals surface area contributed by atoms with Gasteiger partial charge in [0.05, 0.1) is 5.69 Å². The second kappa shape index (κ2) is 8.09. The van der Waals surface area contributed by atoms with Crippen LogP contribution in [-0.4, -0.2) is 22.4 Å². The molecule has 4 rings (SSSR count). The van der Waals surface area contributed by atoms with Gasteiger partial charge in [0.2, 0.25) is 0 Å². The fourth-order valence-corrected chi connectivity index (χ4v) is 3.89. The third kappa shape index (κ3) is 3.71. The second-order valence-electron chi connectivity index (χ2n) is 7.53. The topological polar surface area (TPSA) is 71.4 Å². The third-order valence-corrected chi connectivity index (χ3v) is 5.76. The number of benzene rings is 2. The monoisotopic (exact) mass is 451 g/mol. The van der Waals surface area contributed by atoms with Gasteiger partial charge in [-0.1, -0.05) is 23.7 Å². The van der Waals surface area contributed by atoms with Crippen LogP contribution in [0, 0.1) is 26.6 Å². The fourth-order valence-electron chi connectivity index (χ4n) is 3.71. The molecular formula is C24H19ClFN3O3. The highest BCUT2D eigenvalue weighted by Crippen LogP contribution is 2.28. The first-order chi connectivity index (χ1) is 15.2. The number of aromatic nitrogens is 1. The number of barbiturate groups is 1. The van der Waals surface area contributed by atoms with E-state index in [0.717, 1.165) is 16.2 Å². The first-order valence-electron chi connectivity index (χ1n) is 9.80. The van der Waals surface area contributed by atoms with Crippen molar-refractivity contribution < 1.29 is 18.8 Å². The van der Waals surface area contributed by atoms with E-state index in [1.807, 2.05) is 11.5 Å². The standard InChI is InChI=1S/C24H19ClFN3O3/c1-13-7-8-19(12-21(13)25)29-23(31)20(22(30)27-24(29)32)10-16-9-14(2)28(15(16)3)18-6-4-5-17(26)11-18/h4-12H,1-3H3,(H,27,30,32)/b20-10-. The summed E-state index contributed by atoms with van der Waals surface area (Å²) in [6.45, 7) is 5.44. The number of nitrogens with zero attached hydrogens (tertiary/aromatic N) is 2. The number of nitrogens with one attached hydrogen (secondary N) is 1. The lowest BCUT2D eigenvalue weighted by Gasteiger charge is -2.26. The largest absolute Gasteiger partial charge is 0.335 e. The van der Waals surface area contributed by atoms with Gasteiger partial charge in [0.25, 0.3) is 11.8 Å². The summed E-state index contributed by atoms with van der Waals surface area (Å²) in [5.74, 6) is -1.91. The SMILES string of the molecule is Cc1ccc(N2C(=O)NC(=O)/C(=C/c3cc(C)n(-c4cccc(F)c4)c3C)C2=O)cc1Cl. The number of carbonyl (C=O) groups is 3. The highest BCUT2D eigenvalue weighted by atomic mass is 35.5. The van der Waals surface area contributed by atoms with Crippen LogP contribution in [0.2, 0.25) is 5.02 Å². The molecule has 0 radical (unpaired) electrons. The molecule has 6 nitrogen and oxygen atoms in total. The number of aryl methyl sites for hydroxylation is 2. The lowest BCUT2D eigenvalue weighted by molar-refractivity contribution is -0.122. The Kier molecular flexibility index (Phi) is 5.44. The summed E-state index contributed by atoms with van der Waals surface area (Å²) in [5, 5.41) is 2.59. The average molecular weight is 452 g/mol. The average Bonchev–Trinajstić information content (AvgIpc) is 3.00. The first-order valence-corrected chi connectivity index (χ1v) is 10.2. The molecule has 1 saturated heterocycles. The Labute approximate surface area is 188 Å². The number of urea groups is 1. The number of imide groups is 2. The van der Waals surface area contributed by atoms with Gasteiger partial charge >= 0.3 is 6.03 Å². The predicted octanol–water partition coefficient (Wildman–Crippen LogP) is 4.86. The zero-order chi connectivity index (χ0) is 23.2. The van der Waals surface area contributed by atoms with Crippen molar-refractivity contribution >= 4 is 41.2 Å². The molecule has 4 amide bonds. The van der Waals surface area contributed by atoms with Crippen LogP contribution in [0.15, 0.2) is 54.1 Å². The Bertz CT molecular complexity index is 1330. The maximum Gasteiger partial charge on any atom is 0.335 e. The first kappa shape index (κ1) is 21.5. The summed E-state index contributed by atoms with van der Waals surface area (Å²) in [7, 11) is 0. The van der Waals surface area contributed by atoms with Gasteiger partial charge in [-0.05, 0) is 74.4 Å². The van der Waals surface area contributed by atoms with Crippen molar-refractivity contribution in [2.45, 2.75) is 20.8 Å². The normalized spacial score (nSPS) is 15.5. The van der Waals surface area contributed by atoms with Crippen LogP contribution >= 0.6 is 11.6 Å². The van der Waals surface area contributed by atoms with Crippen LogP contribution in [0.3, 0.4) is 0 Å². The van der Waals surface area contributed by atoms with Gasteiger partial charge in [-0.2, -0.15) is 0 Å². The van der Waals surface area contributed by atoms with Crippen molar-refractivity contribution in [3.8, 4) is 5.69 Å². The van der Waals surface area contributed by atoms with E-state index in [0.29, 0.717) is 22.0 Å². The number of amides is 4. The Balaban J connectivity index is 1.77. The Hall–Kier alpha value is -3.71. The summed E-state index contributed by atoms with van der Waals surface area (Å²) in [6, 6.07) is 11.8. The van der Waals surface area contributed by atoms with E-state index in [1.54, 1.807) is 44.2 Å². The summed E-state index contributed by atoms with van der Waals surface area (Å²) in [6.07, 6.45) is 1.44. The molecule has 32 heavy (non-hydrogen) atoms. The molecule has 3 aromatic rings. The molecule has 0 atom stereocenters. The Morgan fingerprint density at radius 3 is 2.41 bits per heavy atom. The molecule has 1 fully saturated rings. The van der Waals surface area contributed by atoms with Crippen LogP contribution in [0.25, 0.3) is 11.8 Å². The van der Waals surface area contributed by atoms with Crippen molar-refractivity contribution in [3.63, 3.8) is 0 Å². The molecule has 0 spiro atoms. The fraction of sp³-hybridized carbons (Fsp3) is 0.125. The number of anilines is 1. The zero-order valence-corrected chi connectivity index (χ0v) is 18.3. The van der Waals surface area contributed by atoms with E-state index in [9.17, 15) is 18.8 Å². The maximum atomic E-state index is 13.7. The van der Waals surface area contributed by atoms with Gasteiger partial charge in [-0.25, -0.2) is 14.1 Å². The lowest BCUT2D eigenvalue weighted by atomic mass is 10.1. The molecule has 8 heteroatoms. The molecule has 1 aliphatic heterocycles. The molecule has 0 saturated carbocycles. The molecule has 1 N–H and O–H groups in total. The van der Waals surface area contributed by atoms with Gasteiger partial charge in [-0.15, -0.1) is 0 Å². The van der Waals surface area contributed by atoms with Gasteiger partial charge in [0.1, 0.15) is 11.4 Å². The van der Waals surface area contributed by atoms with Gasteiger partial charge in [0.15, 0.2) is 0 Å². The number of carbonyl (C=O) groups excluding carboxylic acids is 3. The number of hydrogen-bond acceptors (Lipinski definition) is 3. The van der Waals surface area contributed by atoms with Crippen molar-refractivity contribution in [2.24, 2.45) is 0 Å². The maximum absolute atomic E-state index is 13.7. The van der Waals surface area contributed by atoms with Gasteiger partial charge in [-0.3, -0.25) is 14.9 Å². The molecule has 0 bridgehead atoms. The summed E-state index contributed by atoms with van der Waals surface area (Å²) in [5.41, 5.74) is 3.58. The minimum atomic E-state index is -0.845. The molecule has 1 aromatic heterocycles. The molecule has 2 aromatic carbocycles. The highest BCUT2D eigenvalue weighted by Gasteiger charge is 2.37. The minimum Gasteiger partial charge on any atom is -0.318 e. The quantitative estimate of drug-likeness (QED) is 0.456. The van der Waals surface area contributed by atoms with Crippen molar-refractivity contribution in [2.75, 3.05) is 4.90 Å². The van der Waals surface area contributed by atoms with E-state index in [-0.39, 0.29) is 17.1 Å². The number of rotatable bonds is 3. The predicted molar refractivity (Wildman–Crippen MR) is 120 cm³/mol. The zero-order valence-electron chi connectivity index (χ0n) is 17.6.